The molecule has 9 heteroatoms. The molecule has 0 spiro atoms. The molecule has 7 nitrogen and oxygen atoms in total. The zero-order chi connectivity index (χ0) is 29.4. The van der Waals surface area contributed by atoms with Gasteiger partial charge in [-0.05, 0) is 67.6 Å². The number of amides is 2. The van der Waals surface area contributed by atoms with Crippen molar-refractivity contribution in [3.05, 3.63) is 94.5 Å². The van der Waals surface area contributed by atoms with E-state index < -0.39 is 28.5 Å². The Morgan fingerprint density at radius 1 is 0.925 bits per heavy atom. The van der Waals surface area contributed by atoms with E-state index in [1.54, 1.807) is 73.7 Å². The second kappa shape index (κ2) is 13.8. The third-order valence-electron chi connectivity index (χ3n) is 6.61. The Hall–Kier alpha value is -3.36. The number of sulfonamides is 1. The molecule has 0 bridgehead atoms. The van der Waals surface area contributed by atoms with E-state index in [0.717, 1.165) is 15.4 Å². The van der Waals surface area contributed by atoms with Crippen molar-refractivity contribution in [2.75, 3.05) is 17.4 Å². The van der Waals surface area contributed by atoms with Gasteiger partial charge in [0, 0.05) is 18.1 Å². The first-order valence-corrected chi connectivity index (χ1v) is 15.2. The van der Waals surface area contributed by atoms with Crippen LogP contribution in [0, 0.1) is 19.8 Å². The zero-order valence-corrected chi connectivity index (χ0v) is 25.3. The van der Waals surface area contributed by atoms with Gasteiger partial charge in [0.2, 0.25) is 11.8 Å². The summed E-state index contributed by atoms with van der Waals surface area (Å²) in [6.07, 6.45) is 0.359. The molecule has 1 atom stereocenters. The van der Waals surface area contributed by atoms with Crippen LogP contribution in [0.5, 0.6) is 0 Å². The lowest BCUT2D eigenvalue weighted by Crippen LogP contribution is -2.52. The second-order valence-corrected chi connectivity index (χ2v) is 12.6. The standard InChI is InChI=1S/C31H38ClN3O4S/c1-6-28(31(37)33-19-22(2)3)34(20-25-13-15-26(32)16-14-25)30(36)21-35(29-10-8-7-9-24(29)5)40(38,39)27-17-11-23(4)12-18-27/h7-18,22,28H,6,19-21H2,1-5H3,(H,33,37)/t28-/m0/s1. The first-order valence-electron chi connectivity index (χ1n) is 13.4. The van der Waals surface area contributed by atoms with Crippen molar-refractivity contribution in [2.24, 2.45) is 5.92 Å². The van der Waals surface area contributed by atoms with Crippen LogP contribution in [-0.4, -0.2) is 44.3 Å². The first-order chi connectivity index (χ1) is 18.9. The Balaban J connectivity index is 2.05. The van der Waals surface area contributed by atoms with Crippen LogP contribution in [0.1, 0.15) is 43.9 Å². The molecule has 1 N–H and O–H groups in total. The molecule has 0 aliphatic heterocycles. The predicted octanol–water partition coefficient (Wildman–Crippen LogP) is 5.73. The lowest BCUT2D eigenvalue weighted by molar-refractivity contribution is -0.140. The fourth-order valence-corrected chi connectivity index (χ4v) is 5.93. The number of anilines is 1. The molecule has 0 aliphatic carbocycles. The van der Waals surface area contributed by atoms with E-state index in [1.165, 1.54) is 4.90 Å². The van der Waals surface area contributed by atoms with Crippen LogP contribution >= 0.6 is 11.6 Å². The number of benzene rings is 3. The molecule has 0 aromatic heterocycles. The Bertz CT molecular complexity index is 1410. The summed E-state index contributed by atoms with van der Waals surface area (Å²) in [6, 6.07) is 19.8. The quantitative estimate of drug-likeness (QED) is 0.295. The van der Waals surface area contributed by atoms with Gasteiger partial charge in [0.05, 0.1) is 10.6 Å². The Morgan fingerprint density at radius 2 is 1.55 bits per heavy atom. The van der Waals surface area contributed by atoms with E-state index in [1.807, 2.05) is 33.8 Å². The van der Waals surface area contributed by atoms with Gasteiger partial charge < -0.3 is 10.2 Å². The summed E-state index contributed by atoms with van der Waals surface area (Å²) < 4.78 is 29.1. The number of carbonyl (C=O) groups is 2. The summed E-state index contributed by atoms with van der Waals surface area (Å²) in [4.78, 5) is 28.9. The molecular formula is C31H38ClN3O4S. The van der Waals surface area contributed by atoms with Crippen molar-refractivity contribution in [3.8, 4) is 0 Å². The van der Waals surface area contributed by atoms with E-state index in [9.17, 15) is 18.0 Å². The van der Waals surface area contributed by atoms with Gasteiger partial charge >= 0.3 is 0 Å². The van der Waals surface area contributed by atoms with Crippen molar-refractivity contribution < 1.29 is 18.0 Å². The fraction of sp³-hybridized carbons (Fsp3) is 0.355. The van der Waals surface area contributed by atoms with Crippen molar-refractivity contribution in [1.29, 1.82) is 0 Å². The highest BCUT2D eigenvalue weighted by Crippen LogP contribution is 2.28. The van der Waals surface area contributed by atoms with Gasteiger partial charge in [-0.2, -0.15) is 0 Å². The third kappa shape index (κ3) is 7.86. The highest BCUT2D eigenvalue weighted by molar-refractivity contribution is 7.92. The summed E-state index contributed by atoms with van der Waals surface area (Å²) in [5, 5.41) is 3.49. The summed E-state index contributed by atoms with van der Waals surface area (Å²) in [5.41, 5.74) is 2.80. The predicted molar refractivity (Wildman–Crippen MR) is 161 cm³/mol. The number of halogens is 1. The highest BCUT2D eigenvalue weighted by Gasteiger charge is 2.34. The Morgan fingerprint density at radius 3 is 2.12 bits per heavy atom. The fourth-order valence-electron chi connectivity index (χ4n) is 4.32. The number of aryl methyl sites for hydroxylation is 2. The molecule has 0 heterocycles. The van der Waals surface area contributed by atoms with E-state index in [-0.39, 0.29) is 23.3 Å². The minimum absolute atomic E-state index is 0.0834. The zero-order valence-electron chi connectivity index (χ0n) is 23.7. The maximum absolute atomic E-state index is 14.1. The molecule has 40 heavy (non-hydrogen) atoms. The molecule has 0 saturated heterocycles. The number of rotatable bonds is 12. The van der Waals surface area contributed by atoms with Crippen LogP contribution < -0.4 is 9.62 Å². The SMILES string of the molecule is CC[C@@H](C(=O)NCC(C)C)N(Cc1ccc(Cl)cc1)C(=O)CN(c1ccccc1C)S(=O)(=O)c1ccc(C)cc1. The van der Waals surface area contributed by atoms with Crippen LogP contribution in [0.2, 0.25) is 5.02 Å². The second-order valence-electron chi connectivity index (χ2n) is 10.3. The molecule has 3 rings (SSSR count). The van der Waals surface area contributed by atoms with Crippen LogP contribution in [0.15, 0.2) is 77.7 Å². The van der Waals surface area contributed by atoms with Gasteiger partial charge in [-0.15, -0.1) is 0 Å². The molecular weight excluding hydrogens is 546 g/mol. The minimum atomic E-state index is -4.11. The molecule has 0 aliphatic rings. The number of nitrogens with one attached hydrogen (secondary N) is 1. The molecule has 2 amide bonds. The van der Waals surface area contributed by atoms with E-state index in [4.69, 9.17) is 11.6 Å². The van der Waals surface area contributed by atoms with Gasteiger partial charge in [-0.3, -0.25) is 13.9 Å². The van der Waals surface area contributed by atoms with Crippen LogP contribution in [0.25, 0.3) is 0 Å². The van der Waals surface area contributed by atoms with Crippen molar-refractivity contribution in [1.82, 2.24) is 10.2 Å². The van der Waals surface area contributed by atoms with Crippen LogP contribution in [-0.2, 0) is 26.2 Å². The molecule has 0 radical (unpaired) electrons. The number of nitrogens with zero attached hydrogens (tertiary/aromatic N) is 2. The van der Waals surface area contributed by atoms with Crippen molar-refractivity contribution in [3.63, 3.8) is 0 Å². The molecule has 3 aromatic carbocycles. The number of carbonyl (C=O) groups excluding carboxylic acids is 2. The van der Waals surface area contributed by atoms with Gasteiger partial charge in [-0.25, -0.2) is 8.42 Å². The molecule has 214 valence electrons. The monoisotopic (exact) mass is 583 g/mol. The largest absolute Gasteiger partial charge is 0.354 e. The first kappa shape index (κ1) is 31.2. The third-order valence-corrected chi connectivity index (χ3v) is 8.63. The van der Waals surface area contributed by atoms with Crippen LogP contribution in [0.4, 0.5) is 5.69 Å². The van der Waals surface area contributed by atoms with E-state index in [2.05, 4.69) is 5.32 Å². The normalized spacial score (nSPS) is 12.2. The summed E-state index contributed by atoms with van der Waals surface area (Å²) in [7, 11) is -4.11. The Kier molecular flexibility index (Phi) is 10.8. The van der Waals surface area contributed by atoms with Gasteiger partial charge in [0.1, 0.15) is 12.6 Å². The van der Waals surface area contributed by atoms with Gasteiger partial charge in [0.15, 0.2) is 0 Å². The smallest absolute Gasteiger partial charge is 0.264 e. The molecule has 0 saturated carbocycles. The average Bonchev–Trinajstić information content (AvgIpc) is 2.92. The highest BCUT2D eigenvalue weighted by atomic mass is 35.5. The summed E-state index contributed by atoms with van der Waals surface area (Å²) in [5.74, 6) is -0.527. The molecule has 3 aromatic rings. The Labute approximate surface area is 243 Å². The lowest BCUT2D eigenvalue weighted by Gasteiger charge is -2.33. The summed E-state index contributed by atoms with van der Waals surface area (Å²) in [6.45, 7) is 9.62. The minimum Gasteiger partial charge on any atom is -0.354 e. The maximum Gasteiger partial charge on any atom is 0.264 e. The van der Waals surface area contributed by atoms with E-state index in [0.29, 0.717) is 29.2 Å². The lowest BCUT2D eigenvalue weighted by atomic mass is 10.1. The van der Waals surface area contributed by atoms with Crippen molar-refractivity contribution >= 4 is 39.1 Å². The maximum atomic E-state index is 14.1. The number of hydrogen-bond acceptors (Lipinski definition) is 4. The van der Waals surface area contributed by atoms with E-state index >= 15 is 0 Å². The van der Waals surface area contributed by atoms with Gasteiger partial charge in [0.25, 0.3) is 10.0 Å². The summed E-state index contributed by atoms with van der Waals surface area (Å²) >= 11 is 6.07. The topological polar surface area (TPSA) is 86.8 Å². The number of para-hydroxylation sites is 1. The van der Waals surface area contributed by atoms with Crippen LogP contribution in [0.3, 0.4) is 0 Å². The average molecular weight is 584 g/mol. The van der Waals surface area contributed by atoms with Gasteiger partial charge in [-0.1, -0.05) is 80.4 Å². The molecule has 0 fully saturated rings. The molecule has 0 unspecified atom stereocenters. The van der Waals surface area contributed by atoms with Crippen molar-refractivity contribution in [2.45, 2.75) is 58.5 Å². The number of hydrogen-bond donors (Lipinski definition) is 1.